The first-order chi connectivity index (χ1) is 10.6. The molecule has 22 heavy (non-hydrogen) atoms. The predicted octanol–water partition coefficient (Wildman–Crippen LogP) is 3.22. The second-order valence-corrected chi connectivity index (χ2v) is 5.87. The fourth-order valence-electron chi connectivity index (χ4n) is 2.89. The van der Waals surface area contributed by atoms with Gasteiger partial charge in [0.1, 0.15) is 5.82 Å². The van der Waals surface area contributed by atoms with Crippen LogP contribution in [0.15, 0.2) is 54.6 Å². The molecule has 0 heterocycles. The molecule has 0 bridgehead atoms. The molecule has 118 valence electrons. The van der Waals surface area contributed by atoms with E-state index in [1.807, 2.05) is 30.3 Å². The lowest BCUT2D eigenvalue weighted by Gasteiger charge is -2.28. The van der Waals surface area contributed by atoms with Gasteiger partial charge in [-0.05, 0) is 54.9 Å². The molecule has 2 aromatic carbocycles. The first-order valence-electron chi connectivity index (χ1n) is 7.67. The van der Waals surface area contributed by atoms with Gasteiger partial charge in [-0.25, -0.2) is 4.39 Å². The maximum absolute atomic E-state index is 13.0. The van der Waals surface area contributed by atoms with Crippen molar-refractivity contribution >= 4 is 0 Å². The van der Waals surface area contributed by atoms with E-state index in [0.717, 1.165) is 11.1 Å². The zero-order chi connectivity index (χ0) is 15.9. The van der Waals surface area contributed by atoms with E-state index in [1.54, 1.807) is 19.1 Å². The summed E-state index contributed by atoms with van der Waals surface area (Å²) in [6.07, 6.45) is 0.801. The van der Waals surface area contributed by atoms with Crippen LogP contribution in [-0.2, 0) is 12.8 Å². The smallest absolute Gasteiger partial charge is 0.123 e. The summed E-state index contributed by atoms with van der Waals surface area (Å²) in [6.45, 7) is 1.77. The molecule has 2 aromatic rings. The highest BCUT2D eigenvalue weighted by molar-refractivity contribution is 5.18. The molecule has 0 amide bonds. The Labute approximate surface area is 131 Å². The predicted molar refractivity (Wildman–Crippen MR) is 86.0 cm³/mol. The topological polar surface area (TPSA) is 40.5 Å². The van der Waals surface area contributed by atoms with Crippen molar-refractivity contribution in [3.63, 3.8) is 0 Å². The van der Waals surface area contributed by atoms with Gasteiger partial charge < -0.3 is 10.2 Å². The van der Waals surface area contributed by atoms with E-state index in [2.05, 4.69) is 0 Å². The molecule has 0 aliphatic heterocycles. The third kappa shape index (κ3) is 4.65. The molecule has 0 spiro atoms. The first kappa shape index (κ1) is 16.7. The maximum Gasteiger partial charge on any atom is 0.123 e. The summed E-state index contributed by atoms with van der Waals surface area (Å²) < 4.78 is 13.0. The molecule has 3 heteroatoms. The van der Waals surface area contributed by atoms with Crippen LogP contribution in [-0.4, -0.2) is 22.9 Å². The van der Waals surface area contributed by atoms with Gasteiger partial charge in [-0.3, -0.25) is 0 Å². The highest BCUT2D eigenvalue weighted by atomic mass is 19.1. The molecule has 0 aromatic heterocycles. The zero-order valence-corrected chi connectivity index (χ0v) is 12.8. The van der Waals surface area contributed by atoms with Crippen molar-refractivity contribution in [1.82, 2.24) is 0 Å². The molecule has 2 rings (SSSR count). The van der Waals surface area contributed by atoms with Crippen molar-refractivity contribution in [3.05, 3.63) is 71.5 Å². The molecule has 0 saturated heterocycles. The van der Waals surface area contributed by atoms with Crippen LogP contribution in [0.5, 0.6) is 0 Å². The van der Waals surface area contributed by atoms with E-state index >= 15 is 0 Å². The molecule has 2 N–H and O–H groups in total. The van der Waals surface area contributed by atoms with E-state index in [0.29, 0.717) is 12.8 Å². The zero-order valence-electron chi connectivity index (χ0n) is 12.8. The number of aliphatic hydroxyl groups excluding tert-OH is 2. The van der Waals surface area contributed by atoms with Crippen molar-refractivity contribution in [3.8, 4) is 0 Å². The van der Waals surface area contributed by atoms with Crippen LogP contribution in [0.25, 0.3) is 0 Å². The number of rotatable bonds is 7. The van der Waals surface area contributed by atoms with E-state index in [9.17, 15) is 14.6 Å². The molecule has 3 atom stereocenters. The van der Waals surface area contributed by atoms with Gasteiger partial charge in [-0.2, -0.15) is 0 Å². The standard InChI is InChI=1S/C19H23FO2/c1-14(22)19(12-16-7-9-18(20)10-8-16)17(13-21)11-15-5-3-2-4-6-15/h2-10,14,17,19,21-22H,11-13H2,1H3. The Morgan fingerprint density at radius 2 is 1.50 bits per heavy atom. The molecular weight excluding hydrogens is 279 g/mol. The van der Waals surface area contributed by atoms with Crippen LogP contribution in [0.4, 0.5) is 4.39 Å². The van der Waals surface area contributed by atoms with E-state index < -0.39 is 6.10 Å². The summed E-state index contributed by atoms with van der Waals surface area (Å²) >= 11 is 0. The van der Waals surface area contributed by atoms with E-state index in [4.69, 9.17) is 0 Å². The lowest BCUT2D eigenvalue weighted by Crippen LogP contribution is -2.31. The Hall–Kier alpha value is -1.71. The summed E-state index contributed by atoms with van der Waals surface area (Å²) in [6, 6.07) is 16.3. The van der Waals surface area contributed by atoms with Crippen molar-refractivity contribution < 1.29 is 14.6 Å². The fourth-order valence-corrected chi connectivity index (χ4v) is 2.89. The summed E-state index contributed by atoms with van der Waals surface area (Å²) in [7, 11) is 0. The summed E-state index contributed by atoms with van der Waals surface area (Å²) in [5, 5.41) is 19.9. The largest absolute Gasteiger partial charge is 0.396 e. The number of halogens is 1. The van der Waals surface area contributed by atoms with Crippen molar-refractivity contribution in [2.45, 2.75) is 25.9 Å². The van der Waals surface area contributed by atoms with Crippen LogP contribution >= 0.6 is 0 Å². The molecule has 0 radical (unpaired) electrons. The van der Waals surface area contributed by atoms with Gasteiger partial charge in [0.15, 0.2) is 0 Å². The van der Waals surface area contributed by atoms with Crippen molar-refractivity contribution in [2.24, 2.45) is 11.8 Å². The molecule has 0 aliphatic carbocycles. The van der Waals surface area contributed by atoms with Crippen LogP contribution in [0.1, 0.15) is 18.1 Å². The molecule has 3 unspecified atom stereocenters. The molecular formula is C19H23FO2. The van der Waals surface area contributed by atoms with Gasteiger partial charge in [0.05, 0.1) is 6.10 Å². The SMILES string of the molecule is CC(O)C(Cc1ccc(F)cc1)C(CO)Cc1ccccc1. The second kappa shape index (κ2) is 8.06. The minimum atomic E-state index is -0.536. The minimum absolute atomic E-state index is 0.0195. The Morgan fingerprint density at radius 1 is 0.909 bits per heavy atom. The lowest BCUT2D eigenvalue weighted by molar-refractivity contribution is 0.0599. The van der Waals surface area contributed by atoms with Crippen molar-refractivity contribution in [2.75, 3.05) is 6.61 Å². The van der Waals surface area contributed by atoms with Gasteiger partial charge in [0, 0.05) is 6.61 Å². The minimum Gasteiger partial charge on any atom is -0.396 e. The summed E-state index contributed by atoms with van der Waals surface area (Å²) in [5.41, 5.74) is 2.12. The van der Waals surface area contributed by atoms with Crippen LogP contribution in [0.3, 0.4) is 0 Å². The second-order valence-electron chi connectivity index (χ2n) is 5.87. The third-order valence-electron chi connectivity index (χ3n) is 4.19. The average Bonchev–Trinajstić information content (AvgIpc) is 2.53. The quantitative estimate of drug-likeness (QED) is 0.824. The van der Waals surface area contributed by atoms with E-state index in [1.165, 1.54) is 12.1 Å². The van der Waals surface area contributed by atoms with Crippen molar-refractivity contribution in [1.29, 1.82) is 0 Å². The molecule has 0 fully saturated rings. The Balaban J connectivity index is 2.12. The molecule has 2 nitrogen and oxygen atoms in total. The number of aliphatic hydroxyl groups is 2. The Bertz CT molecular complexity index is 551. The van der Waals surface area contributed by atoms with Gasteiger partial charge in [-0.15, -0.1) is 0 Å². The first-order valence-corrected chi connectivity index (χ1v) is 7.67. The van der Waals surface area contributed by atoms with Gasteiger partial charge in [-0.1, -0.05) is 42.5 Å². The van der Waals surface area contributed by atoms with Crippen LogP contribution in [0, 0.1) is 17.7 Å². The van der Waals surface area contributed by atoms with Crippen LogP contribution in [0.2, 0.25) is 0 Å². The Morgan fingerprint density at radius 3 is 2.05 bits per heavy atom. The normalized spacial score (nSPS) is 15.3. The highest BCUT2D eigenvalue weighted by Gasteiger charge is 2.26. The number of hydrogen-bond acceptors (Lipinski definition) is 2. The maximum atomic E-state index is 13.0. The highest BCUT2D eigenvalue weighted by Crippen LogP contribution is 2.25. The molecule has 0 saturated carbocycles. The lowest BCUT2D eigenvalue weighted by atomic mass is 9.80. The summed E-state index contributed by atoms with van der Waals surface area (Å²) in [4.78, 5) is 0. The van der Waals surface area contributed by atoms with Gasteiger partial charge in [0.25, 0.3) is 0 Å². The molecule has 0 aliphatic rings. The summed E-state index contributed by atoms with van der Waals surface area (Å²) in [5.74, 6) is -0.372. The Kier molecular flexibility index (Phi) is 6.10. The number of hydrogen-bond donors (Lipinski definition) is 2. The van der Waals surface area contributed by atoms with Crippen LogP contribution < -0.4 is 0 Å². The fraction of sp³-hybridized carbons (Fsp3) is 0.368. The number of benzene rings is 2. The van der Waals surface area contributed by atoms with E-state index in [-0.39, 0.29) is 24.3 Å². The van der Waals surface area contributed by atoms with Gasteiger partial charge in [0.2, 0.25) is 0 Å². The third-order valence-corrected chi connectivity index (χ3v) is 4.19. The van der Waals surface area contributed by atoms with Gasteiger partial charge >= 0.3 is 0 Å². The average molecular weight is 302 g/mol. The monoisotopic (exact) mass is 302 g/mol.